The molecular weight excluding hydrogens is 254 g/mol. The number of nitrogens with zero attached hydrogens (tertiary/aromatic N) is 1. The average Bonchev–Trinajstić information content (AvgIpc) is 2.41. The second-order valence-corrected chi connectivity index (χ2v) is 4.02. The highest BCUT2D eigenvalue weighted by atomic mass is 16.6. The molecule has 1 unspecified atom stereocenters. The lowest BCUT2D eigenvalue weighted by Crippen LogP contribution is -2.35. The standard InChI is InChI=1S/C12H13NO6/c14-12-8-18-10(7-19-12)6-17-5-9-3-1-2-4-11(9)13(15)16/h1-4,10H,5-8H2. The molecule has 2 rings (SSSR count). The lowest BCUT2D eigenvalue weighted by Gasteiger charge is -2.21. The second-order valence-electron chi connectivity index (χ2n) is 4.02. The van der Waals surface area contributed by atoms with Gasteiger partial charge in [-0.3, -0.25) is 10.1 Å². The van der Waals surface area contributed by atoms with Crippen LogP contribution in [-0.4, -0.2) is 36.8 Å². The van der Waals surface area contributed by atoms with Gasteiger partial charge in [-0.05, 0) is 6.07 Å². The molecule has 1 saturated heterocycles. The molecule has 1 aromatic rings. The highest BCUT2D eigenvalue weighted by Gasteiger charge is 2.21. The summed E-state index contributed by atoms with van der Waals surface area (Å²) in [5.41, 5.74) is 0.527. The third-order valence-electron chi connectivity index (χ3n) is 2.62. The first-order chi connectivity index (χ1) is 9.16. The van der Waals surface area contributed by atoms with Crippen molar-refractivity contribution in [3.63, 3.8) is 0 Å². The van der Waals surface area contributed by atoms with Crippen molar-refractivity contribution in [3.05, 3.63) is 39.9 Å². The van der Waals surface area contributed by atoms with Gasteiger partial charge in [-0.2, -0.15) is 0 Å². The molecule has 0 bridgehead atoms. The van der Waals surface area contributed by atoms with Crippen LogP contribution in [0, 0.1) is 10.1 Å². The van der Waals surface area contributed by atoms with E-state index in [1.165, 1.54) is 6.07 Å². The molecular formula is C12H13NO6. The molecule has 0 aromatic heterocycles. The van der Waals surface area contributed by atoms with Crippen LogP contribution in [0.5, 0.6) is 0 Å². The fourth-order valence-corrected chi connectivity index (χ4v) is 1.67. The molecule has 19 heavy (non-hydrogen) atoms. The van der Waals surface area contributed by atoms with Gasteiger partial charge in [0.25, 0.3) is 5.69 Å². The van der Waals surface area contributed by atoms with Crippen molar-refractivity contribution in [2.75, 3.05) is 19.8 Å². The van der Waals surface area contributed by atoms with Gasteiger partial charge >= 0.3 is 5.97 Å². The first-order valence-electron chi connectivity index (χ1n) is 5.74. The van der Waals surface area contributed by atoms with Crippen molar-refractivity contribution < 1.29 is 23.9 Å². The van der Waals surface area contributed by atoms with E-state index in [1.807, 2.05) is 0 Å². The minimum Gasteiger partial charge on any atom is -0.461 e. The van der Waals surface area contributed by atoms with E-state index in [0.29, 0.717) is 5.56 Å². The summed E-state index contributed by atoms with van der Waals surface area (Å²) < 4.78 is 15.3. The van der Waals surface area contributed by atoms with Crippen LogP contribution in [0.15, 0.2) is 24.3 Å². The number of para-hydroxylation sites is 1. The first-order valence-corrected chi connectivity index (χ1v) is 5.74. The maximum Gasteiger partial charge on any atom is 0.332 e. The minimum atomic E-state index is -0.447. The molecule has 1 aliphatic heterocycles. The van der Waals surface area contributed by atoms with E-state index in [-0.39, 0.29) is 38.2 Å². The molecule has 0 N–H and O–H groups in total. The van der Waals surface area contributed by atoms with Crippen molar-refractivity contribution in [2.24, 2.45) is 0 Å². The third kappa shape index (κ3) is 3.73. The molecule has 7 heteroatoms. The Morgan fingerprint density at radius 2 is 2.21 bits per heavy atom. The molecule has 1 heterocycles. The summed E-state index contributed by atoms with van der Waals surface area (Å²) in [7, 11) is 0. The monoisotopic (exact) mass is 267 g/mol. The first kappa shape index (κ1) is 13.4. The molecule has 0 aliphatic carbocycles. The number of ether oxygens (including phenoxy) is 3. The molecule has 0 amide bonds. The molecule has 0 radical (unpaired) electrons. The summed E-state index contributed by atoms with van der Waals surface area (Å²) in [6.07, 6.45) is -0.319. The molecule has 0 spiro atoms. The van der Waals surface area contributed by atoms with Crippen molar-refractivity contribution in [2.45, 2.75) is 12.7 Å². The van der Waals surface area contributed by atoms with Crippen LogP contribution in [0.4, 0.5) is 5.69 Å². The molecule has 1 aliphatic rings. The Labute approximate surface area is 109 Å². The fourth-order valence-electron chi connectivity index (χ4n) is 1.67. The van der Waals surface area contributed by atoms with E-state index < -0.39 is 10.9 Å². The Balaban J connectivity index is 1.83. The van der Waals surface area contributed by atoms with Crippen LogP contribution in [0.25, 0.3) is 0 Å². The van der Waals surface area contributed by atoms with E-state index >= 15 is 0 Å². The topological polar surface area (TPSA) is 87.9 Å². The predicted molar refractivity (Wildman–Crippen MR) is 63.5 cm³/mol. The Bertz CT molecular complexity index is 465. The predicted octanol–water partition coefficient (Wildman–Crippen LogP) is 1.05. The molecule has 102 valence electrons. The summed E-state index contributed by atoms with van der Waals surface area (Å²) in [5.74, 6) is -0.394. The zero-order valence-electron chi connectivity index (χ0n) is 10.1. The number of hydrogen-bond acceptors (Lipinski definition) is 6. The average molecular weight is 267 g/mol. The number of nitro benzene ring substituents is 1. The number of benzene rings is 1. The zero-order chi connectivity index (χ0) is 13.7. The lowest BCUT2D eigenvalue weighted by atomic mass is 10.2. The van der Waals surface area contributed by atoms with Gasteiger partial charge in [0.2, 0.25) is 0 Å². The number of carbonyl (C=O) groups is 1. The van der Waals surface area contributed by atoms with Gasteiger partial charge in [0.1, 0.15) is 19.3 Å². The van der Waals surface area contributed by atoms with E-state index in [1.54, 1.807) is 18.2 Å². The van der Waals surface area contributed by atoms with Crippen molar-refractivity contribution >= 4 is 11.7 Å². The van der Waals surface area contributed by atoms with Crippen LogP contribution in [-0.2, 0) is 25.6 Å². The summed E-state index contributed by atoms with van der Waals surface area (Å²) in [6, 6.07) is 6.38. The molecule has 1 aromatic carbocycles. The molecule has 7 nitrogen and oxygen atoms in total. The fraction of sp³-hybridized carbons (Fsp3) is 0.417. The quantitative estimate of drug-likeness (QED) is 0.450. The van der Waals surface area contributed by atoms with E-state index in [2.05, 4.69) is 0 Å². The van der Waals surface area contributed by atoms with Gasteiger partial charge in [0, 0.05) is 6.07 Å². The van der Waals surface area contributed by atoms with Crippen LogP contribution in [0.2, 0.25) is 0 Å². The maximum absolute atomic E-state index is 10.8. The van der Waals surface area contributed by atoms with Crippen LogP contribution in [0.1, 0.15) is 5.56 Å². The highest BCUT2D eigenvalue weighted by molar-refractivity contribution is 5.71. The van der Waals surface area contributed by atoms with Gasteiger partial charge < -0.3 is 14.2 Å². The van der Waals surface area contributed by atoms with E-state index in [4.69, 9.17) is 14.2 Å². The zero-order valence-corrected chi connectivity index (χ0v) is 10.1. The Morgan fingerprint density at radius 1 is 1.42 bits per heavy atom. The number of nitro groups is 1. The van der Waals surface area contributed by atoms with Gasteiger partial charge in [-0.25, -0.2) is 4.79 Å². The summed E-state index contributed by atoms with van der Waals surface area (Å²) in [4.78, 5) is 21.1. The Morgan fingerprint density at radius 3 is 2.89 bits per heavy atom. The largest absolute Gasteiger partial charge is 0.461 e. The van der Waals surface area contributed by atoms with Gasteiger partial charge in [0.05, 0.1) is 23.7 Å². The van der Waals surface area contributed by atoms with Crippen molar-refractivity contribution in [1.29, 1.82) is 0 Å². The summed E-state index contributed by atoms with van der Waals surface area (Å²) >= 11 is 0. The van der Waals surface area contributed by atoms with Crippen molar-refractivity contribution in [1.82, 2.24) is 0 Å². The summed E-state index contributed by atoms with van der Waals surface area (Å²) in [6.45, 7) is 0.402. The minimum absolute atomic E-state index is 0.0264. The van der Waals surface area contributed by atoms with Crippen LogP contribution < -0.4 is 0 Å². The third-order valence-corrected chi connectivity index (χ3v) is 2.62. The number of rotatable bonds is 5. The number of carbonyl (C=O) groups excluding carboxylic acids is 1. The second kappa shape index (κ2) is 6.26. The molecule has 0 saturated carbocycles. The van der Waals surface area contributed by atoms with Gasteiger partial charge in [0.15, 0.2) is 0 Å². The number of esters is 1. The maximum atomic E-state index is 10.8. The number of cyclic esters (lactones) is 1. The van der Waals surface area contributed by atoms with Crippen LogP contribution in [0.3, 0.4) is 0 Å². The Hall–Kier alpha value is -1.99. The number of hydrogen-bond donors (Lipinski definition) is 0. The summed E-state index contributed by atoms with van der Waals surface area (Å²) in [5, 5.41) is 10.8. The highest BCUT2D eigenvalue weighted by Crippen LogP contribution is 2.18. The normalized spacial score (nSPS) is 18.9. The van der Waals surface area contributed by atoms with Gasteiger partial charge in [-0.15, -0.1) is 0 Å². The lowest BCUT2D eigenvalue weighted by molar-refractivity contribution is -0.386. The molecule has 1 atom stereocenters. The van der Waals surface area contributed by atoms with Crippen LogP contribution >= 0.6 is 0 Å². The Kier molecular flexibility index (Phi) is 4.43. The molecule has 1 fully saturated rings. The van der Waals surface area contributed by atoms with E-state index in [9.17, 15) is 14.9 Å². The van der Waals surface area contributed by atoms with E-state index in [0.717, 1.165) is 0 Å². The van der Waals surface area contributed by atoms with Gasteiger partial charge in [-0.1, -0.05) is 12.1 Å². The smallest absolute Gasteiger partial charge is 0.332 e. The van der Waals surface area contributed by atoms with Crippen molar-refractivity contribution in [3.8, 4) is 0 Å². The SMILES string of the molecule is O=C1COC(COCc2ccccc2[N+](=O)[O-])CO1.